The van der Waals surface area contributed by atoms with Crippen LogP contribution in [0.1, 0.15) is 72.8 Å². The van der Waals surface area contributed by atoms with Gasteiger partial charge in [-0.3, -0.25) is 9.59 Å². The second-order valence-electron chi connectivity index (χ2n) is 7.40. The molecule has 7 heteroatoms. The molecule has 2 aliphatic rings. The van der Waals surface area contributed by atoms with Crippen LogP contribution in [-0.2, 0) is 9.53 Å². The van der Waals surface area contributed by atoms with Gasteiger partial charge in [-0.05, 0) is 64.0 Å². The van der Waals surface area contributed by atoms with E-state index in [0.29, 0.717) is 24.0 Å². The quantitative estimate of drug-likeness (QED) is 0.743. The maximum absolute atomic E-state index is 12.5. The molecule has 1 aliphatic carbocycles. The minimum absolute atomic E-state index is 0.0422. The number of hydrogen-bond acceptors (Lipinski definition) is 6. The monoisotopic (exact) mass is 379 g/mol. The molecule has 26 heavy (non-hydrogen) atoms. The molecule has 1 saturated heterocycles. The zero-order valence-electron chi connectivity index (χ0n) is 15.5. The lowest BCUT2D eigenvalue weighted by Crippen LogP contribution is -2.37. The normalized spacial score (nSPS) is 24.2. The lowest BCUT2D eigenvalue weighted by Gasteiger charge is -2.28. The van der Waals surface area contributed by atoms with Crippen molar-refractivity contribution in [2.24, 2.45) is 5.92 Å². The Hall–Kier alpha value is -1.47. The fraction of sp³-hybridized carbons (Fsp3) is 0.737. The van der Waals surface area contributed by atoms with Crippen LogP contribution in [0.3, 0.4) is 0 Å². The van der Waals surface area contributed by atoms with Gasteiger partial charge >= 0.3 is 5.97 Å². The number of rotatable bonds is 6. The molecule has 0 bridgehead atoms. The zero-order valence-corrected chi connectivity index (χ0v) is 16.3. The fourth-order valence-corrected chi connectivity index (χ4v) is 4.90. The fourth-order valence-electron chi connectivity index (χ4n) is 3.93. The number of carbonyl (C=O) groups is 2. The molecule has 1 aliphatic heterocycles. The molecule has 1 amide bonds. The van der Waals surface area contributed by atoms with Crippen molar-refractivity contribution >= 4 is 23.2 Å². The summed E-state index contributed by atoms with van der Waals surface area (Å²) >= 11 is 1.61. The molecule has 0 atom stereocenters. The lowest BCUT2D eigenvalue weighted by molar-refractivity contribution is -0.141. The largest absolute Gasteiger partial charge is 0.469 e. The third kappa shape index (κ3) is 5.27. The summed E-state index contributed by atoms with van der Waals surface area (Å²) in [5.41, 5.74) is 0.566. The van der Waals surface area contributed by atoms with E-state index in [1.807, 2.05) is 5.38 Å². The minimum Gasteiger partial charge on any atom is -0.469 e. The maximum Gasteiger partial charge on any atom is 0.305 e. The van der Waals surface area contributed by atoms with E-state index < -0.39 is 0 Å². The molecule has 0 radical (unpaired) electrons. The Kier molecular flexibility index (Phi) is 7.02. The SMILES string of the molecule is COC(=O)CCC1CCC(NC(=O)c2csc(C3CCNCC3)n2)CC1. The van der Waals surface area contributed by atoms with Gasteiger partial charge in [-0.2, -0.15) is 0 Å². The first-order valence-electron chi connectivity index (χ1n) is 9.69. The van der Waals surface area contributed by atoms with Crippen LogP contribution in [0, 0.1) is 5.92 Å². The molecule has 0 spiro atoms. The number of hydrogen-bond donors (Lipinski definition) is 2. The van der Waals surface area contributed by atoms with Gasteiger partial charge in [0.05, 0.1) is 12.1 Å². The highest BCUT2D eigenvalue weighted by atomic mass is 32.1. The molecule has 0 unspecified atom stereocenters. The average Bonchev–Trinajstić information content (AvgIpc) is 3.18. The van der Waals surface area contributed by atoms with Crippen LogP contribution in [-0.4, -0.2) is 43.1 Å². The van der Waals surface area contributed by atoms with Crippen LogP contribution in [0.4, 0.5) is 0 Å². The van der Waals surface area contributed by atoms with Gasteiger partial charge < -0.3 is 15.4 Å². The highest BCUT2D eigenvalue weighted by Gasteiger charge is 2.25. The van der Waals surface area contributed by atoms with Gasteiger partial charge in [-0.15, -0.1) is 11.3 Å². The van der Waals surface area contributed by atoms with E-state index in [9.17, 15) is 9.59 Å². The van der Waals surface area contributed by atoms with Crippen molar-refractivity contribution in [1.82, 2.24) is 15.6 Å². The topological polar surface area (TPSA) is 80.3 Å². The molecule has 2 heterocycles. The summed E-state index contributed by atoms with van der Waals surface area (Å²) in [5.74, 6) is 0.883. The molecule has 0 aromatic carbocycles. The number of ether oxygens (including phenoxy) is 1. The number of nitrogens with zero attached hydrogens (tertiary/aromatic N) is 1. The van der Waals surface area contributed by atoms with Gasteiger partial charge in [0.2, 0.25) is 0 Å². The second kappa shape index (κ2) is 9.46. The van der Waals surface area contributed by atoms with Crippen LogP contribution in [0.5, 0.6) is 0 Å². The first kappa shape index (κ1) is 19.3. The summed E-state index contributed by atoms with van der Waals surface area (Å²) in [7, 11) is 1.43. The maximum atomic E-state index is 12.5. The Morgan fingerprint density at radius 2 is 1.96 bits per heavy atom. The highest BCUT2D eigenvalue weighted by molar-refractivity contribution is 7.09. The number of piperidine rings is 1. The Labute approximate surface area is 159 Å². The van der Waals surface area contributed by atoms with Crippen LogP contribution in [0.2, 0.25) is 0 Å². The number of esters is 1. The van der Waals surface area contributed by atoms with Crippen LogP contribution in [0.25, 0.3) is 0 Å². The predicted octanol–water partition coefficient (Wildman–Crippen LogP) is 2.85. The smallest absolute Gasteiger partial charge is 0.305 e. The van der Waals surface area contributed by atoms with Gasteiger partial charge in [0.25, 0.3) is 5.91 Å². The molecule has 2 N–H and O–H groups in total. The second-order valence-corrected chi connectivity index (χ2v) is 8.29. The number of thiazole rings is 1. The molecule has 6 nitrogen and oxygen atoms in total. The number of methoxy groups -OCH3 is 1. The first-order chi connectivity index (χ1) is 12.7. The molecule has 2 fully saturated rings. The van der Waals surface area contributed by atoms with E-state index in [-0.39, 0.29) is 17.9 Å². The number of carbonyl (C=O) groups excluding carboxylic acids is 2. The van der Waals surface area contributed by atoms with Crippen molar-refractivity contribution in [3.05, 3.63) is 16.1 Å². The highest BCUT2D eigenvalue weighted by Crippen LogP contribution is 2.29. The van der Waals surface area contributed by atoms with Crippen molar-refractivity contribution in [3.8, 4) is 0 Å². The summed E-state index contributed by atoms with van der Waals surface area (Å²) in [6, 6.07) is 0.223. The van der Waals surface area contributed by atoms with Gasteiger partial charge in [0.15, 0.2) is 0 Å². The minimum atomic E-state index is -0.131. The van der Waals surface area contributed by atoms with Crippen molar-refractivity contribution in [2.45, 2.75) is 63.3 Å². The van der Waals surface area contributed by atoms with Crippen molar-refractivity contribution in [1.29, 1.82) is 0 Å². The summed E-state index contributed by atoms with van der Waals surface area (Å²) in [4.78, 5) is 28.4. The third-order valence-corrected chi connectivity index (χ3v) is 6.62. The first-order valence-corrected chi connectivity index (χ1v) is 10.6. The van der Waals surface area contributed by atoms with Gasteiger partial charge in [0.1, 0.15) is 5.69 Å². The summed E-state index contributed by atoms with van der Waals surface area (Å²) in [6.07, 6.45) is 7.65. The van der Waals surface area contributed by atoms with Gasteiger partial charge in [-0.25, -0.2) is 4.98 Å². The van der Waals surface area contributed by atoms with E-state index in [0.717, 1.165) is 63.0 Å². The summed E-state index contributed by atoms with van der Waals surface area (Å²) in [6.45, 7) is 2.07. The molecule has 1 aromatic heterocycles. The van der Waals surface area contributed by atoms with Gasteiger partial charge in [-0.1, -0.05) is 0 Å². The predicted molar refractivity (Wildman–Crippen MR) is 101 cm³/mol. The zero-order chi connectivity index (χ0) is 18.4. The molecule has 144 valence electrons. The molecule has 1 saturated carbocycles. The van der Waals surface area contributed by atoms with E-state index in [4.69, 9.17) is 4.74 Å². The standard InChI is InChI=1S/C19H29N3O3S/c1-25-17(23)7-4-13-2-5-15(6-3-13)21-18(24)16-12-26-19(22-16)14-8-10-20-11-9-14/h12-15,20H,2-11H2,1H3,(H,21,24). The van der Waals surface area contributed by atoms with Crippen molar-refractivity contribution in [2.75, 3.05) is 20.2 Å². The van der Waals surface area contributed by atoms with Crippen LogP contribution >= 0.6 is 11.3 Å². The number of nitrogens with one attached hydrogen (secondary N) is 2. The Bertz CT molecular complexity index is 605. The number of aromatic nitrogens is 1. The van der Waals surface area contributed by atoms with E-state index in [1.165, 1.54) is 7.11 Å². The summed E-state index contributed by atoms with van der Waals surface area (Å²) in [5, 5.41) is 9.51. The van der Waals surface area contributed by atoms with Crippen molar-refractivity contribution < 1.29 is 14.3 Å². The molecular weight excluding hydrogens is 350 g/mol. The lowest BCUT2D eigenvalue weighted by atomic mass is 9.83. The Morgan fingerprint density at radius 3 is 2.65 bits per heavy atom. The Morgan fingerprint density at radius 1 is 1.23 bits per heavy atom. The van der Waals surface area contributed by atoms with Crippen LogP contribution < -0.4 is 10.6 Å². The van der Waals surface area contributed by atoms with E-state index in [1.54, 1.807) is 11.3 Å². The molecule has 3 rings (SSSR count). The van der Waals surface area contributed by atoms with E-state index >= 15 is 0 Å². The molecule has 1 aromatic rings. The number of amides is 1. The average molecular weight is 380 g/mol. The molecular formula is C19H29N3O3S. The third-order valence-electron chi connectivity index (χ3n) is 5.61. The Balaban J connectivity index is 1.43. The van der Waals surface area contributed by atoms with Crippen molar-refractivity contribution in [3.63, 3.8) is 0 Å². The van der Waals surface area contributed by atoms with Crippen LogP contribution in [0.15, 0.2) is 5.38 Å². The summed E-state index contributed by atoms with van der Waals surface area (Å²) < 4.78 is 4.70. The van der Waals surface area contributed by atoms with Gasteiger partial charge in [0, 0.05) is 23.8 Å². The van der Waals surface area contributed by atoms with E-state index in [2.05, 4.69) is 15.6 Å².